The van der Waals surface area contributed by atoms with Gasteiger partial charge in [-0.2, -0.15) is 4.31 Å². The van der Waals surface area contributed by atoms with Crippen LogP contribution in [0, 0.1) is 0 Å². The second-order valence-electron chi connectivity index (χ2n) is 6.08. The van der Waals surface area contributed by atoms with Gasteiger partial charge in [-0.15, -0.1) is 0 Å². The van der Waals surface area contributed by atoms with Crippen LogP contribution in [-0.2, 0) is 27.9 Å². The van der Waals surface area contributed by atoms with Crippen molar-refractivity contribution in [3.05, 3.63) is 57.0 Å². The Hall–Kier alpha value is -1.87. The zero-order valence-electron chi connectivity index (χ0n) is 15.1. The molecule has 0 unspecified atom stereocenters. The minimum Gasteiger partial charge on any atom is -0.467 e. The maximum atomic E-state index is 12.7. The van der Waals surface area contributed by atoms with Crippen LogP contribution < -0.4 is 10.3 Å². The number of pyridine rings is 1. The lowest BCUT2D eigenvalue weighted by atomic mass is 10.1. The Morgan fingerprint density at radius 2 is 1.96 bits per heavy atom. The van der Waals surface area contributed by atoms with E-state index in [1.54, 1.807) is 26.0 Å². The van der Waals surface area contributed by atoms with Gasteiger partial charge in [0, 0.05) is 41.5 Å². The molecule has 7 nitrogen and oxygen atoms in total. The van der Waals surface area contributed by atoms with E-state index < -0.39 is 10.0 Å². The SMILES string of the molecule is CCN(CC)S(=O)(=O)c1ccc(=O)n(Cc2cc(Cl)cc3c2OCOC3)c1. The van der Waals surface area contributed by atoms with E-state index >= 15 is 0 Å². The van der Waals surface area contributed by atoms with Gasteiger partial charge in [0.1, 0.15) is 5.75 Å². The van der Waals surface area contributed by atoms with E-state index in [-0.39, 0.29) is 23.8 Å². The lowest BCUT2D eigenvalue weighted by Crippen LogP contribution is -2.32. The third-order valence-electron chi connectivity index (χ3n) is 4.39. The number of nitrogens with zero attached hydrogens (tertiary/aromatic N) is 2. The highest BCUT2D eigenvalue weighted by atomic mass is 35.5. The number of sulfonamides is 1. The molecule has 2 aromatic rings. The highest BCUT2D eigenvalue weighted by molar-refractivity contribution is 7.89. The number of rotatable bonds is 6. The number of benzene rings is 1. The minimum absolute atomic E-state index is 0.0750. The van der Waals surface area contributed by atoms with Gasteiger partial charge in [-0.3, -0.25) is 4.79 Å². The summed E-state index contributed by atoms with van der Waals surface area (Å²) < 4.78 is 39.0. The molecule has 0 saturated heterocycles. The number of hydrogen-bond donors (Lipinski definition) is 0. The van der Waals surface area contributed by atoms with E-state index in [4.69, 9.17) is 21.1 Å². The first-order chi connectivity index (χ1) is 12.9. The van der Waals surface area contributed by atoms with Crippen molar-refractivity contribution >= 4 is 21.6 Å². The summed E-state index contributed by atoms with van der Waals surface area (Å²) in [5.41, 5.74) is 1.18. The summed E-state index contributed by atoms with van der Waals surface area (Å²) in [7, 11) is -3.66. The normalized spacial score (nSPS) is 14.1. The smallest absolute Gasteiger partial charge is 0.250 e. The lowest BCUT2D eigenvalue weighted by Gasteiger charge is -2.22. The topological polar surface area (TPSA) is 77.8 Å². The summed E-state index contributed by atoms with van der Waals surface area (Å²) >= 11 is 6.17. The van der Waals surface area contributed by atoms with Gasteiger partial charge in [-0.25, -0.2) is 8.42 Å². The van der Waals surface area contributed by atoms with E-state index in [0.29, 0.717) is 36.0 Å². The molecule has 1 aromatic heterocycles. The fraction of sp³-hybridized carbons (Fsp3) is 0.389. The molecule has 0 N–H and O–H groups in total. The van der Waals surface area contributed by atoms with E-state index in [1.807, 2.05) is 0 Å². The molecule has 0 aliphatic carbocycles. The molecule has 0 fully saturated rings. The average Bonchev–Trinajstić information content (AvgIpc) is 2.64. The predicted molar refractivity (Wildman–Crippen MR) is 102 cm³/mol. The van der Waals surface area contributed by atoms with Crippen LogP contribution in [0.15, 0.2) is 40.2 Å². The highest BCUT2D eigenvalue weighted by Crippen LogP contribution is 2.32. The summed E-state index contributed by atoms with van der Waals surface area (Å²) in [5.74, 6) is 0.620. The van der Waals surface area contributed by atoms with Crippen LogP contribution in [0.1, 0.15) is 25.0 Å². The highest BCUT2D eigenvalue weighted by Gasteiger charge is 2.23. The summed E-state index contributed by atoms with van der Waals surface area (Å²) in [6, 6.07) is 6.06. The van der Waals surface area contributed by atoms with Gasteiger partial charge in [-0.1, -0.05) is 25.4 Å². The molecule has 146 valence electrons. The number of hydrogen-bond acceptors (Lipinski definition) is 5. The molecule has 9 heteroatoms. The fourth-order valence-electron chi connectivity index (χ4n) is 3.06. The van der Waals surface area contributed by atoms with Crippen molar-refractivity contribution in [1.29, 1.82) is 0 Å². The number of fused-ring (bicyclic) bond motifs is 1. The Balaban J connectivity index is 2.02. The lowest BCUT2D eigenvalue weighted by molar-refractivity contribution is -0.0170. The van der Waals surface area contributed by atoms with Crippen molar-refractivity contribution < 1.29 is 17.9 Å². The Labute approximate surface area is 163 Å². The van der Waals surface area contributed by atoms with Gasteiger partial charge in [-0.05, 0) is 18.2 Å². The maximum Gasteiger partial charge on any atom is 0.250 e. The monoisotopic (exact) mass is 412 g/mol. The number of ether oxygens (including phenoxy) is 2. The first-order valence-electron chi connectivity index (χ1n) is 8.59. The van der Waals surface area contributed by atoms with Crippen LogP contribution >= 0.6 is 11.6 Å². The molecule has 0 spiro atoms. The first-order valence-corrected chi connectivity index (χ1v) is 10.4. The van der Waals surface area contributed by atoms with Gasteiger partial charge in [0.05, 0.1) is 18.0 Å². The minimum atomic E-state index is -3.66. The molecule has 0 amide bonds. The maximum absolute atomic E-state index is 12.7. The second kappa shape index (κ2) is 8.02. The summed E-state index contributed by atoms with van der Waals surface area (Å²) in [6.07, 6.45) is 1.36. The molecule has 0 atom stereocenters. The van der Waals surface area contributed by atoms with Crippen molar-refractivity contribution in [3.8, 4) is 5.75 Å². The zero-order chi connectivity index (χ0) is 19.6. The third-order valence-corrected chi connectivity index (χ3v) is 6.64. The Morgan fingerprint density at radius 1 is 1.22 bits per heavy atom. The van der Waals surface area contributed by atoms with Crippen LogP contribution in [0.25, 0.3) is 0 Å². The molecule has 1 aliphatic rings. The molecule has 0 radical (unpaired) electrons. The number of halogens is 1. The Morgan fingerprint density at radius 3 is 2.67 bits per heavy atom. The summed E-state index contributed by atoms with van der Waals surface area (Å²) in [4.78, 5) is 12.4. The van der Waals surface area contributed by atoms with Crippen molar-refractivity contribution in [2.45, 2.75) is 31.9 Å². The predicted octanol–water partition coefficient (Wildman–Crippen LogP) is 2.45. The van der Waals surface area contributed by atoms with Gasteiger partial charge in [0.25, 0.3) is 5.56 Å². The third kappa shape index (κ3) is 4.03. The van der Waals surface area contributed by atoms with Crippen molar-refractivity contribution in [3.63, 3.8) is 0 Å². The van der Waals surface area contributed by atoms with Crippen LogP contribution in [0.5, 0.6) is 5.75 Å². The van der Waals surface area contributed by atoms with E-state index in [0.717, 1.165) is 5.56 Å². The molecule has 2 heterocycles. The largest absolute Gasteiger partial charge is 0.467 e. The fourth-order valence-corrected chi connectivity index (χ4v) is 4.80. The van der Waals surface area contributed by atoms with E-state index in [1.165, 1.54) is 27.2 Å². The average molecular weight is 413 g/mol. The zero-order valence-corrected chi connectivity index (χ0v) is 16.7. The molecule has 1 aliphatic heterocycles. The van der Waals surface area contributed by atoms with Crippen LogP contribution in [-0.4, -0.2) is 37.2 Å². The van der Waals surface area contributed by atoms with Gasteiger partial charge < -0.3 is 14.0 Å². The molecule has 1 aromatic carbocycles. The van der Waals surface area contributed by atoms with Crippen molar-refractivity contribution in [1.82, 2.24) is 8.87 Å². The molecule has 27 heavy (non-hydrogen) atoms. The molecular formula is C18H21ClN2O5S. The quantitative estimate of drug-likeness (QED) is 0.728. The molecule has 0 bridgehead atoms. The van der Waals surface area contributed by atoms with Crippen molar-refractivity contribution in [2.75, 3.05) is 19.9 Å². The first kappa shape index (κ1) is 19.9. The van der Waals surface area contributed by atoms with Crippen LogP contribution in [0.3, 0.4) is 0 Å². The summed E-state index contributed by atoms with van der Waals surface area (Å²) in [5, 5.41) is 0.498. The van der Waals surface area contributed by atoms with Crippen LogP contribution in [0.2, 0.25) is 5.02 Å². The van der Waals surface area contributed by atoms with Gasteiger partial charge in [0.2, 0.25) is 10.0 Å². The second-order valence-corrected chi connectivity index (χ2v) is 8.46. The van der Waals surface area contributed by atoms with E-state index in [2.05, 4.69) is 0 Å². The number of aromatic nitrogens is 1. The van der Waals surface area contributed by atoms with Gasteiger partial charge >= 0.3 is 0 Å². The Bertz CT molecular complexity index is 999. The van der Waals surface area contributed by atoms with E-state index in [9.17, 15) is 13.2 Å². The van der Waals surface area contributed by atoms with Gasteiger partial charge in [0.15, 0.2) is 6.79 Å². The summed E-state index contributed by atoms with van der Waals surface area (Å²) in [6.45, 7) is 4.88. The van der Waals surface area contributed by atoms with Crippen LogP contribution in [0.4, 0.5) is 0 Å². The van der Waals surface area contributed by atoms with Crippen molar-refractivity contribution in [2.24, 2.45) is 0 Å². The Kier molecular flexibility index (Phi) is 5.90. The molecule has 0 saturated carbocycles. The molecular weight excluding hydrogens is 392 g/mol. The molecule has 3 rings (SSSR count). The standard InChI is InChI=1S/C18H21ClN2O5S/c1-3-21(4-2)27(23,24)16-5-6-17(22)20(10-16)9-13-7-15(19)8-14-11-25-12-26-18(13)14/h5-8,10H,3-4,9,11-12H2,1-2H3.